The van der Waals surface area contributed by atoms with E-state index in [-0.39, 0.29) is 32.9 Å². The first-order valence-electron chi connectivity index (χ1n) is 5.61. The summed E-state index contributed by atoms with van der Waals surface area (Å²) < 4.78 is 25.5. The Morgan fingerprint density at radius 3 is 2.67 bits per heavy atom. The molecule has 0 fully saturated rings. The van der Waals surface area contributed by atoms with Gasteiger partial charge in [-0.2, -0.15) is 0 Å². The first-order valence-corrected chi connectivity index (χ1v) is 8.01. The molecule has 1 aromatic heterocycles. The average molecular weight is 350 g/mol. The molecular weight excluding hydrogens is 341 g/mol. The molecule has 0 unspecified atom stereocenters. The largest absolute Gasteiger partial charge is 0.476 e. The van der Waals surface area contributed by atoms with Gasteiger partial charge in [0.05, 0.1) is 28.4 Å². The number of halogens is 2. The van der Waals surface area contributed by atoms with Crippen molar-refractivity contribution in [1.82, 2.24) is 15.0 Å². The van der Waals surface area contributed by atoms with Gasteiger partial charge in [0.2, 0.25) is 0 Å². The summed E-state index contributed by atoms with van der Waals surface area (Å²) in [4.78, 5) is 10.6. The molecule has 2 aromatic rings. The average Bonchev–Trinajstić information content (AvgIpc) is 2.88. The number of aromatic nitrogens is 3. The lowest BCUT2D eigenvalue weighted by molar-refractivity contribution is 0.0690. The first kappa shape index (κ1) is 15.7. The van der Waals surface area contributed by atoms with Crippen LogP contribution in [0.3, 0.4) is 0 Å². The van der Waals surface area contributed by atoms with Crippen molar-refractivity contribution in [2.45, 2.75) is 11.4 Å². The number of carboxylic acid groups (broad SMARTS) is 1. The zero-order chi connectivity index (χ0) is 15.6. The summed E-state index contributed by atoms with van der Waals surface area (Å²) in [6, 6.07) is 4.15. The minimum atomic E-state index is -3.68. The number of hydrogen-bond donors (Lipinski definition) is 1. The molecule has 0 saturated carbocycles. The van der Waals surface area contributed by atoms with Crippen LogP contribution in [-0.4, -0.2) is 40.2 Å². The Kier molecular flexibility index (Phi) is 4.50. The molecule has 0 atom stereocenters. The molecule has 7 nitrogen and oxygen atoms in total. The summed E-state index contributed by atoms with van der Waals surface area (Å²) in [5.74, 6) is -1.54. The van der Waals surface area contributed by atoms with E-state index >= 15 is 0 Å². The number of benzene rings is 1. The van der Waals surface area contributed by atoms with Crippen LogP contribution in [0.15, 0.2) is 29.3 Å². The molecule has 2 rings (SSSR count). The third-order valence-electron chi connectivity index (χ3n) is 2.58. The van der Waals surface area contributed by atoms with Gasteiger partial charge in [-0.25, -0.2) is 13.2 Å². The van der Waals surface area contributed by atoms with Crippen LogP contribution in [0.5, 0.6) is 0 Å². The van der Waals surface area contributed by atoms with Crippen LogP contribution in [0.25, 0.3) is 0 Å². The Morgan fingerprint density at radius 2 is 2.05 bits per heavy atom. The van der Waals surface area contributed by atoms with Crippen LogP contribution in [0.4, 0.5) is 0 Å². The smallest absolute Gasteiger partial charge is 0.358 e. The van der Waals surface area contributed by atoms with Crippen LogP contribution >= 0.6 is 23.2 Å². The highest BCUT2D eigenvalue weighted by atomic mass is 35.5. The van der Waals surface area contributed by atoms with Gasteiger partial charge in [0.1, 0.15) is 0 Å². The molecule has 0 aliphatic carbocycles. The Labute approximate surface area is 130 Å². The normalized spacial score (nSPS) is 11.5. The van der Waals surface area contributed by atoms with E-state index in [0.717, 1.165) is 10.9 Å². The maximum atomic E-state index is 12.2. The van der Waals surface area contributed by atoms with Gasteiger partial charge in [-0.1, -0.05) is 28.4 Å². The summed E-state index contributed by atoms with van der Waals surface area (Å²) in [7, 11) is -3.68. The first-order chi connectivity index (χ1) is 9.79. The van der Waals surface area contributed by atoms with Crippen molar-refractivity contribution >= 4 is 39.0 Å². The number of rotatable bonds is 5. The topological polar surface area (TPSA) is 102 Å². The van der Waals surface area contributed by atoms with Gasteiger partial charge in [-0.3, -0.25) is 4.68 Å². The van der Waals surface area contributed by atoms with Crippen LogP contribution in [-0.2, 0) is 16.4 Å². The standard InChI is InChI=1S/C11H9Cl2N3O4S/c12-7-1-2-8(13)10(5-7)21(19,20)4-3-16-6-9(11(17)18)14-15-16/h1-2,5-6H,3-4H2,(H,17,18). The van der Waals surface area contributed by atoms with E-state index in [2.05, 4.69) is 10.3 Å². The van der Waals surface area contributed by atoms with Crippen LogP contribution in [0.2, 0.25) is 10.0 Å². The maximum Gasteiger partial charge on any atom is 0.358 e. The highest BCUT2D eigenvalue weighted by Gasteiger charge is 2.19. The van der Waals surface area contributed by atoms with E-state index in [9.17, 15) is 13.2 Å². The van der Waals surface area contributed by atoms with Crippen molar-refractivity contribution < 1.29 is 18.3 Å². The van der Waals surface area contributed by atoms with E-state index in [1.165, 1.54) is 18.2 Å². The number of sulfone groups is 1. The summed E-state index contributed by atoms with van der Waals surface area (Å²) in [6.45, 7) is -0.0501. The summed E-state index contributed by atoms with van der Waals surface area (Å²) in [5.41, 5.74) is -0.256. The zero-order valence-electron chi connectivity index (χ0n) is 10.4. The molecule has 1 aromatic carbocycles. The van der Waals surface area contributed by atoms with E-state index in [4.69, 9.17) is 28.3 Å². The molecule has 21 heavy (non-hydrogen) atoms. The van der Waals surface area contributed by atoms with E-state index in [0.29, 0.717) is 0 Å². The molecule has 0 aliphatic heterocycles. The van der Waals surface area contributed by atoms with E-state index in [1.807, 2.05) is 0 Å². The van der Waals surface area contributed by atoms with Crippen LogP contribution < -0.4 is 0 Å². The van der Waals surface area contributed by atoms with E-state index in [1.54, 1.807) is 0 Å². The molecule has 0 saturated heterocycles. The fourth-order valence-electron chi connectivity index (χ4n) is 1.54. The summed E-state index contributed by atoms with van der Waals surface area (Å²) in [6.07, 6.45) is 1.15. The Bertz CT molecular complexity index is 789. The van der Waals surface area contributed by atoms with Crippen molar-refractivity contribution in [1.29, 1.82) is 0 Å². The summed E-state index contributed by atoms with van der Waals surface area (Å²) >= 11 is 11.6. The Morgan fingerprint density at radius 1 is 1.33 bits per heavy atom. The van der Waals surface area contributed by atoms with Gasteiger partial charge in [-0.05, 0) is 18.2 Å². The Hall–Kier alpha value is -1.64. The predicted molar refractivity (Wildman–Crippen MR) is 75.5 cm³/mol. The van der Waals surface area contributed by atoms with Gasteiger partial charge in [0.25, 0.3) is 0 Å². The fourth-order valence-corrected chi connectivity index (χ4v) is 3.57. The molecule has 1 heterocycles. The predicted octanol–water partition coefficient (Wildman–Crippen LogP) is 1.76. The number of aryl methyl sites for hydroxylation is 1. The monoisotopic (exact) mass is 349 g/mol. The van der Waals surface area contributed by atoms with Gasteiger partial charge in [0.15, 0.2) is 15.5 Å². The lowest BCUT2D eigenvalue weighted by atomic mass is 10.4. The van der Waals surface area contributed by atoms with Gasteiger partial charge in [-0.15, -0.1) is 5.10 Å². The fraction of sp³-hybridized carbons (Fsp3) is 0.182. The molecule has 112 valence electrons. The van der Waals surface area contributed by atoms with Crippen LogP contribution in [0, 0.1) is 0 Å². The number of carbonyl (C=O) groups is 1. The number of carboxylic acids is 1. The van der Waals surface area contributed by atoms with Crippen molar-refractivity contribution in [3.63, 3.8) is 0 Å². The molecule has 0 amide bonds. The number of nitrogens with zero attached hydrogens (tertiary/aromatic N) is 3. The quantitative estimate of drug-likeness (QED) is 0.882. The highest BCUT2D eigenvalue weighted by Crippen LogP contribution is 2.25. The maximum absolute atomic E-state index is 12.2. The van der Waals surface area contributed by atoms with Crippen molar-refractivity contribution in [2.75, 3.05) is 5.75 Å². The minimum absolute atomic E-state index is 0.0501. The third kappa shape index (κ3) is 3.72. The van der Waals surface area contributed by atoms with Gasteiger partial charge in [0, 0.05) is 5.02 Å². The second-order valence-electron chi connectivity index (χ2n) is 4.07. The van der Waals surface area contributed by atoms with Crippen molar-refractivity contribution in [3.05, 3.63) is 40.1 Å². The number of hydrogen-bond acceptors (Lipinski definition) is 5. The van der Waals surface area contributed by atoms with Gasteiger partial charge < -0.3 is 5.11 Å². The highest BCUT2D eigenvalue weighted by molar-refractivity contribution is 7.91. The molecular formula is C11H9Cl2N3O4S. The van der Waals surface area contributed by atoms with E-state index < -0.39 is 15.8 Å². The second-order valence-corrected chi connectivity index (χ2v) is 6.99. The van der Waals surface area contributed by atoms with Crippen molar-refractivity contribution in [3.8, 4) is 0 Å². The summed E-state index contributed by atoms with van der Waals surface area (Å²) in [5, 5.41) is 16.0. The Balaban J connectivity index is 2.17. The second kappa shape index (κ2) is 6.00. The third-order valence-corrected chi connectivity index (χ3v) is 4.98. The van der Waals surface area contributed by atoms with Crippen molar-refractivity contribution in [2.24, 2.45) is 0 Å². The lowest BCUT2D eigenvalue weighted by Gasteiger charge is -2.06. The minimum Gasteiger partial charge on any atom is -0.476 e. The molecule has 0 spiro atoms. The molecule has 10 heteroatoms. The molecule has 0 bridgehead atoms. The molecule has 0 aliphatic rings. The molecule has 0 radical (unpaired) electrons. The SMILES string of the molecule is O=C(O)c1cn(CCS(=O)(=O)c2cc(Cl)ccc2Cl)nn1. The van der Waals surface area contributed by atoms with Gasteiger partial charge >= 0.3 is 5.97 Å². The van der Waals surface area contributed by atoms with Crippen LogP contribution in [0.1, 0.15) is 10.5 Å². The zero-order valence-corrected chi connectivity index (χ0v) is 12.7. The number of aromatic carboxylic acids is 1. The lowest BCUT2D eigenvalue weighted by Crippen LogP contribution is -2.14. The molecule has 1 N–H and O–H groups in total.